The fourth-order valence-corrected chi connectivity index (χ4v) is 4.42. The third-order valence-electron chi connectivity index (χ3n) is 6.01. The molecule has 2 aliphatic heterocycles. The summed E-state index contributed by atoms with van der Waals surface area (Å²) in [4.78, 5) is 40.6. The highest BCUT2D eigenvalue weighted by molar-refractivity contribution is 6.36. The number of nitrogens with zero attached hydrogens (tertiary/aromatic N) is 3. The van der Waals surface area contributed by atoms with E-state index in [-0.39, 0.29) is 11.3 Å². The van der Waals surface area contributed by atoms with Gasteiger partial charge in [0.25, 0.3) is 17.5 Å². The lowest BCUT2D eigenvalue weighted by atomic mass is 9.93. The molecule has 162 valence electrons. The van der Waals surface area contributed by atoms with Gasteiger partial charge in [0.05, 0.1) is 16.2 Å². The molecule has 0 saturated carbocycles. The van der Waals surface area contributed by atoms with E-state index in [1.54, 1.807) is 42.5 Å². The number of carbonyl (C=O) groups is 2. The summed E-state index contributed by atoms with van der Waals surface area (Å²) >= 11 is 0. The van der Waals surface area contributed by atoms with Crippen LogP contribution in [0.25, 0.3) is 10.8 Å². The fourth-order valence-electron chi connectivity index (χ4n) is 4.42. The van der Waals surface area contributed by atoms with Crippen LogP contribution in [0, 0.1) is 10.1 Å². The summed E-state index contributed by atoms with van der Waals surface area (Å²) in [6.45, 7) is 3.64. The Bertz CT molecular complexity index is 1230. The van der Waals surface area contributed by atoms with Gasteiger partial charge in [-0.2, -0.15) is 0 Å². The smallest absolute Gasteiger partial charge is 0.270 e. The highest BCUT2D eigenvalue weighted by Gasteiger charge is 2.35. The summed E-state index contributed by atoms with van der Waals surface area (Å²) < 4.78 is 5.80. The number of nitro benzene ring substituents is 1. The Morgan fingerprint density at radius 1 is 0.938 bits per heavy atom. The predicted molar refractivity (Wildman–Crippen MR) is 119 cm³/mol. The second-order valence-electron chi connectivity index (χ2n) is 7.99. The van der Waals surface area contributed by atoms with Gasteiger partial charge in [0.1, 0.15) is 12.4 Å². The van der Waals surface area contributed by atoms with Crippen molar-refractivity contribution in [1.29, 1.82) is 0 Å². The summed E-state index contributed by atoms with van der Waals surface area (Å²) in [5.74, 6) is -0.377. The maximum absolute atomic E-state index is 13.2. The molecule has 0 radical (unpaired) electrons. The quantitative estimate of drug-likeness (QED) is 0.332. The van der Waals surface area contributed by atoms with Gasteiger partial charge < -0.3 is 4.74 Å². The Morgan fingerprint density at radius 2 is 1.66 bits per heavy atom. The Morgan fingerprint density at radius 3 is 2.38 bits per heavy atom. The van der Waals surface area contributed by atoms with Crippen molar-refractivity contribution in [3.05, 3.63) is 75.8 Å². The first-order valence-electron chi connectivity index (χ1n) is 10.6. The molecule has 1 saturated heterocycles. The van der Waals surface area contributed by atoms with Crippen molar-refractivity contribution < 1.29 is 19.2 Å². The summed E-state index contributed by atoms with van der Waals surface area (Å²) in [7, 11) is 0. The van der Waals surface area contributed by atoms with Crippen molar-refractivity contribution in [2.75, 3.05) is 31.1 Å². The molecule has 3 aromatic rings. The van der Waals surface area contributed by atoms with Crippen LogP contribution in [-0.2, 0) is 0 Å². The van der Waals surface area contributed by atoms with Crippen molar-refractivity contribution in [1.82, 2.24) is 4.90 Å². The molecule has 0 atom stereocenters. The molecule has 0 aliphatic carbocycles. The molecule has 0 spiro atoms. The summed E-state index contributed by atoms with van der Waals surface area (Å²) in [6, 6.07) is 14.3. The fraction of sp³-hybridized carbons (Fsp3) is 0.250. The molecule has 0 unspecified atom stereocenters. The van der Waals surface area contributed by atoms with Gasteiger partial charge in [-0.3, -0.25) is 24.6 Å². The molecule has 3 aromatic carbocycles. The van der Waals surface area contributed by atoms with Gasteiger partial charge in [-0.05, 0) is 61.6 Å². The topological polar surface area (TPSA) is 93.0 Å². The van der Waals surface area contributed by atoms with E-state index in [0.717, 1.165) is 24.5 Å². The number of carbonyl (C=O) groups excluding carboxylic acids is 2. The van der Waals surface area contributed by atoms with Crippen molar-refractivity contribution >= 4 is 34.0 Å². The number of imide groups is 1. The first-order chi connectivity index (χ1) is 15.5. The Balaban J connectivity index is 1.42. The third-order valence-corrected chi connectivity index (χ3v) is 6.01. The van der Waals surface area contributed by atoms with Gasteiger partial charge in [-0.1, -0.05) is 12.1 Å². The number of non-ortho nitro benzene ring substituents is 1. The maximum Gasteiger partial charge on any atom is 0.270 e. The zero-order valence-electron chi connectivity index (χ0n) is 17.3. The standard InChI is InChI=1S/C24H21N3O5/c28-23-20-5-3-4-16-14-18(27(30)31)15-21(22(16)20)24(29)26(23)17-6-8-19(9-7-17)32-13-12-25-10-1-2-11-25/h3-9,14-15H,1-2,10-13H2. The van der Waals surface area contributed by atoms with Crippen LogP contribution in [-0.4, -0.2) is 47.9 Å². The number of benzene rings is 3. The summed E-state index contributed by atoms with van der Waals surface area (Å²) in [5.41, 5.74) is 0.698. The average Bonchev–Trinajstić information content (AvgIpc) is 3.31. The minimum absolute atomic E-state index is 0.148. The first-order valence-corrected chi connectivity index (χ1v) is 10.6. The van der Waals surface area contributed by atoms with E-state index >= 15 is 0 Å². The molecular formula is C24H21N3O5. The van der Waals surface area contributed by atoms with E-state index in [1.165, 1.54) is 25.0 Å². The number of nitro groups is 1. The van der Waals surface area contributed by atoms with Crippen LogP contribution in [0.3, 0.4) is 0 Å². The van der Waals surface area contributed by atoms with Crippen LogP contribution >= 0.6 is 0 Å². The summed E-state index contributed by atoms with van der Waals surface area (Å²) in [6.07, 6.45) is 2.46. The van der Waals surface area contributed by atoms with E-state index in [0.29, 0.717) is 34.4 Å². The number of hydrogen-bond donors (Lipinski definition) is 0. The average molecular weight is 431 g/mol. The van der Waals surface area contributed by atoms with Crippen LogP contribution in [0.5, 0.6) is 5.75 Å². The van der Waals surface area contributed by atoms with Gasteiger partial charge in [-0.25, -0.2) is 4.90 Å². The van der Waals surface area contributed by atoms with E-state index in [2.05, 4.69) is 4.90 Å². The van der Waals surface area contributed by atoms with Gasteiger partial charge in [0.15, 0.2) is 0 Å². The van der Waals surface area contributed by atoms with Crippen LogP contribution in [0.15, 0.2) is 54.6 Å². The second kappa shape index (κ2) is 8.05. The number of anilines is 1. The zero-order chi connectivity index (χ0) is 22.2. The van der Waals surface area contributed by atoms with Crippen molar-refractivity contribution in [3.8, 4) is 5.75 Å². The number of hydrogen-bond acceptors (Lipinski definition) is 6. The summed E-state index contributed by atoms with van der Waals surface area (Å²) in [5, 5.41) is 12.3. The number of rotatable bonds is 6. The zero-order valence-corrected chi connectivity index (χ0v) is 17.3. The molecule has 8 nitrogen and oxygen atoms in total. The Kier molecular flexibility index (Phi) is 5.07. The highest BCUT2D eigenvalue weighted by atomic mass is 16.6. The van der Waals surface area contributed by atoms with Crippen LogP contribution in [0.2, 0.25) is 0 Å². The van der Waals surface area contributed by atoms with Crippen LogP contribution in [0.1, 0.15) is 33.6 Å². The van der Waals surface area contributed by atoms with Gasteiger partial charge >= 0.3 is 0 Å². The molecule has 2 amide bonds. The molecule has 1 fully saturated rings. The predicted octanol–water partition coefficient (Wildman–Crippen LogP) is 4.02. The molecule has 5 rings (SSSR count). The minimum atomic E-state index is -0.579. The normalized spacial score (nSPS) is 16.1. The van der Waals surface area contributed by atoms with E-state index in [4.69, 9.17) is 4.74 Å². The van der Waals surface area contributed by atoms with Crippen molar-refractivity contribution in [2.45, 2.75) is 12.8 Å². The van der Waals surface area contributed by atoms with Crippen LogP contribution in [0.4, 0.5) is 11.4 Å². The third kappa shape index (κ3) is 3.48. The SMILES string of the molecule is O=C1c2cccc3cc([N+](=O)[O-])cc(c23)C(=O)N1c1ccc(OCCN2CCCC2)cc1. The first kappa shape index (κ1) is 20.1. The molecule has 0 N–H and O–H groups in total. The van der Waals surface area contributed by atoms with Gasteiger partial charge in [0, 0.05) is 29.6 Å². The molecule has 2 aliphatic rings. The number of likely N-dealkylation sites (tertiary alicyclic amines) is 1. The lowest BCUT2D eigenvalue weighted by molar-refractivity contribution is -0.384. The monoisotopic (exact) mass is 431 g/mol. The van der Waals surface area contributed by atoms with Crippen molar-refractivity contribution in [2.24, 2.45) is 0 Å². The van der Waals surface area contributed by atoms with Gasteiger partial charge in [-0.15, -0.1) is 0 Å². The van der Waals surface area contributed by atoms with E-state index in [1.807, 2.05) is 0 Å². The van der Waals surface area contributed by atoms with Gasteiger partial charge in [0.2, 0.25) is 0 Å². The molecule has 8 heteroatoms. The van der Waals surface area contributed by atoms with E-state index < -0.39 is 16.7 Å². The van der Waals surface area contributed by atoms with Crippen molar-refractivity contribution in [3.63, 3.8) is 0 Å². The molecule has 2 heterocycles. The maximum atomic E-state index is 13.2. The largest absolute Gasteiger partial charge is 0.492 e. The number of ether oxygens (including phenoxy) is 1. The van der Waals surface area contributed by atoms with E-state index in [9.17, 15) is 19.7 Å². The Labute approximate surface area is 184 Å². The number of amides is 2. The Hall–Kier alpha value is -3.78. The lowest BCUT2D eigenvalue weighted by Gasteiger charge is -2.27. The molecule has 0 aromatic heterocycles. The molecular weight excluding hydrogens is 410 g/mol. The molecule has 32 heavy (non-hydrogen) atoms. The highest BCUT2D eigenvalue weighted by Crippen LogP contribution is 2.35. The molecule has 0 bridgehead atoms. The lowest BCUT2D eigenvalue weighted by Crippen LogP contribution is -2.40. The minimum Gasteiger partial charge on any atom is -0.492 e. The van der Waals surface area contributed by atoms with Crippen LogP contribution < -0.4 is 9.64 Å². The second-order valence-corrected chi connectivity index (χ2v) is 7.99.